The summed E-state index contributed by atoms with van der Waals surface area (Å²) in [6, 6.07) is 8.39. The smallest absolute Gasteiger partial charge is 0.0741 e. The molecule has 3 heteroatoms. The highest BCUT2D eigenvalue weighted by Gasteiger charge is 2.22. The molecule has 0 aromatic heterocycles. The van der Waals surface area contributed by atoms with Crippen LogP contribution in [-0.4, -0.2) is 24.4 Å². The predicted octanol–water partition coefficient (Wildman–Crippen LogP) is 2.55. The second-order valence-electron chi connectivity index (χ2n) is 4.74. The van der Waals surface area contributed by atoms with E-state index >= 15 is 0 Å². The van der Waals surface area contributed by atoms with Gasteiger partial charge in [-0.25, -0.2) is 0 Å². The second-order valence-corrected chi connectivity index (χ2v) is 4.74. The lowest BCUT2D eigenvalue weighted by Crippen LogP contribution is -2.36. The van der Waals surface area contributed by atoms with E-state index in [2.05, 4.69) is 11.4 Å². The largest absolute Gasteiger partial charge is 0.391 e. The van der Waals surface area contributed by atoms with Gasteiger partial charge in [0, 0.05) is 12.8 Å². The van der Waals surface area contributed by atoms with Crippen LogP contribution in [0, 0.1) is 0 Å². The number of aliphatic hydroxyl groups excluding tert-OH is 1. The van der Waals surface area contributed by atoms with Gasteiger partial charge >= 0.3 is 0 Å². The highest BCUT2D eigenvalue weighted by molar-refractivity contribution is 5.46. The summed E-state index contributed by atoms with van der Waals surface area (Å²) in [6.07, 6.45) is 4.09. The number of methoxy groups -OCH3 is 1. The molecule has 1 aliphatic carbocycles. The van der Waals surface area contributed by atoms with Gasteiger partial charge in [0.25, 0.3) is 0 Å². The Morgan fingerprint density at radius 1 is 1.35 bits per heavy atom. The van der Waals surface area contributed by atoms with Crippen LogP contribution in [0.3, 0.4) is 0 Å². The van der Waals surface area contributed by atoms with E-state index in [1.54, 1.807) is 7.11 Å². The Morgan fingerprint density at radius 3 is 2.94 bits per heavy atom. The van der Waals surface area contributed by atoms with Crippen LogP contribution < -0.4 is 5.32 Å². The fourth-order valence-electron chi connectivity index (χ4n) is 2.41. The predicted molar refractivity (Wildman–Crippen MR) is 69.0 cm³/mol. The van der Waals surface area contributed by atoms with E-state index in [0.29, 0.717) is 6.61 Å². The summed E-state index contributed by atoms with van der Waals surface area (Å²) in [5.74, 6) is 0. The zero-order valence-corrected chi connectivity index (χ0v) is 10.4. The molecule has 1 fully saturated rings. The Kier molecular flexibility index (Phi) is 4.40. The summed E-state index contributed by atoms with van der Waals surface area (Å²) in [6.45, 7) is 0.628. The summed E-state index contributed by atoms with van der Waals surface area (Å²) in [7, 11) is 1.70. The maximum Gasteiger partial charge on any atom is 0.0741 e. The summed E-state index contributed by atoms with van der Waals surface area (Å²) in [5, 5.41) is 13.3. The molecule has 0 spiro atoms. The first kappa shape index (κ1) is 12.4. The van der Waals surface area contributed by atoms with Crippen molar-refractivity contribution in [3.8, 4) is 0 Å². The summed E-state index contributed by atoms with van der Waals surface area (Å²) in [5.41, 5.74) is 2.23. The van der Waals surface area contributed by atoms with Gasteiger partial charge in [-0.1, -0.05) is 25.0 Å². The van der Waals surface area contributed by atoms with Gasteiger partial charge in [-0.15, -0.1) is 0 Å². The molecule has 3 nitrogen and oxygen atoms in total. The van der Waals surface area contributed by atoms with E-state index in [0.717, 1.165) is 30.5 Å². The maximum absolute atomic E-state index is 9.92. The van der Waals surface area contributed by atoms with Crippen molar-refractivity contribution in [2.45, 2.75) is 44.4 Å². The fourth-order valence-corrected chi connectivity index (χ4v) is 2.41. The van der Waals surface area contributed by atoms with Crippen molar-refractivity contribution in [1.82, 2.24) is 0 Å². The van der Waals surface area contributed by atoms with Crippen molar-refractivity contribution >= 4 is 5.69 Å². The van der Waals surface area contributed by atoms with Crippen molar-refractivity contribution in [3.05, 3.63) is 29.8 Å². The molecule has 94 valence electrons. The highest BCUT2D eigenvalue weighted by Crippen LogP contribution is 2.22. The molecule has 1 saturated carbocycles. The Bertz CT molecular complexity index is 354. The van der Waals surface area contributed by atoms with Crippen molar-refractivity contribution < 1.29 is 9.84 Å². The van der Waals surface area contributed by atoms with Crippen LogP contribution in [-0.2, 0) is 11.3 Å². The molecular formula is C14H21NO2. The number of rotatable bonds is 4. The molecule has 1 aromatic carbocycles. The van der Waals surface area contributed by atoms with Crippen LogP contribution in [0.25, 0.3) is 0 Å². The molecule has 0 saturated heterocycles. The van der Waals surface area contributed by atoms with Crippen molar-refractivity contribution in [2.24, 2.45) is 0 Å². The molecule has 1 aliphatic rings. The van der Waals surface area contributed by atoms with Gasteiger partial charge in [0.15, 0.2) is 0 Å². The van der Waals surface area contributed by atoms with Gasteiger partial charge in [-0.05, 0) is 30.5 Å². The molecule has 0 amide bonds. The molecule has 2 unspecified atom stereocenters. The lowest BCUT2D eigenvalue weighted by Gasteiger charge is -2.29. The first-order chi connectivity index (χ1) is 8.29. The van der Waals surface area contributed by atoms with Crippen molar-refractivity contribution in [3.63, 3.8) is 0 Å². The SMILES string of the molecule is COCc1cccc(NC2CCCCC2O)c1. The van der Waals surface area contributed by atoms with Crippen molar-refractivity contribution in [1.29, 1.82) is 0 Å². The number of hydrogen-bond donors (Lipinski definition) is 2. The third-order valence-corrected chi connectivity index (χ3v) is 3.32. The topological polar surface area (TPSA) is 41.5 Å². The zero-order chi connectivity index (χ0) is 12.1. The van der Waals surface area contributed by atoms with Crippen LogP contribution in [0.4, 0.5) is 5.69 Å². The summed E-state index contributed by atoms with van der Waals surface area (Å²) in [4.78, 5) is 0. The minimum absolute atomic E-state index is 0.196. The van der Waals surface area contributed by atoms with E-state index in [1.165, 1.54) is 6.42 Å². The van der Waals surface area contributed by atoms with Gasteiger partial charge in [0.1, 0.15) is 0 Å². The molecule has 0 bridgehead atoms. The maximum atomic E-state index is 9.92. The number of nitrogens with one attached hydrogen (secondary N) is 1. The van der Waals surface area contributed by atoms with Crippen LogP contribution in [0.5, 0.6) is 0 Å². The third kappa shape index (κ3) is 3.45. The summed E-state index contributed by atoms with van der Waals surface area (Å²) >= 11 is 0. The normalized spacial score (nSPS) is 24.6. The third-order valence-electron chi connectivity index (χ3n) is 3.32. The first-order valence-electron chi connectivity index (χ1n) is 6.32. The standard InChI is InChI=1S/C14H21NO2/c1-17-10-11-5-4-6-12(9-11)15-13-7-2-3-8-14(13)16/h4-6,9,13-16H,2-3,7-8,10H2,1H3. The summed E-state index contributed by atoms with van der Waals surface area (Å²) < 4.78 is 5.12. The van der Waals surface area contributed by atoms with Gasteiger partial charge in [0.2, 0.25) is 0 Å². The van der Waals surface area contributed by atoms with Gasteiger partial charge < -0.3 is 15.2 Å². The average molecular weight is 235 g/mol. The molecule has 1 aromatic rings. The Labute approximate surface area is 103 Å². The van der Waals surface area contributed by atoms with E-state index in [9.17, 15) is 5.11 Å². The fraction of sp³-hybridized carbons (Fsp3) is 0.571. The number of anilines is 1. The van der Waals surface area contributed by atoms with Gasteiger partial charge in [0.05, 0.1) is 18.8 Å². The number of aliphatic hydroxyl groups is 1. The van der Waals surface area contributed by atoms with Crippen LogP contribution in [0.2, 0.25) is 0 Å². The number of benzene rings is 1. The minimum atomic E-state index is -0.213. The van der Waals surface area contributed by atoms with Crippen LogP contribution >= 0.6 is 0 Å². The van der Waals surface area contributed by atoms with Gasteiger partial charge in [-0.3, -0.25) is 0 Å². The quantitative estimate of drug-likeness (QED) is 0.842. The van der Waals surface area contributed by atoms with E-state index in [-0.39, 0.29) is 12.1 Å². The van der Waals surface area contributed by atoms with Crippen LogP contribution in [0.15, 0.2) is 24.3 Å². The lowest BCUT2D eigenvalue weighted by molar-refractivity contribution is 0.116. The molecule has 2 rings (SSSR count). The van der Waals surface area contributed by atoms with Crippen LogP contribution in [0.1, 0.15) is 31.2 Å². The first-order valence-corrected chi connectivity index (χ1v) is 6.32. The molecule has 17 heavy (non-hydrogen) atoms. The lowest BCUT2D eigenvalue weighted by atomic mass is 9.92. The van der Waals surface area contributed by atoms with Gasteiger partial charge in [-0.2, -0.15) is 0 Å². The number of ether oxygens (including phenoxy) is 1. The molecule has 2 N–H and O–H groups in total. The molecule has 0 heterocycles. The molecule has 0 aliphatic heterocycles. The van der Waals surface area contributed by atoms with E-state index < -0.39 is 0 Å². The Morgan fingerprint density at radius 2 is 2.18 bits per heavy atom. The molecular weight excluding hydrogens is 214 g/mol. The zero-order valence-electron chi connectivity index (χ0n) is 10.4. The second kappa shape index (κ2) is 6.03. The minimum Gasteiger partial charge on any atom is -0.391 e. The Hall–Kier alpha value is -1.06. The Balaban J connectivity index is 1.99. The molecule has 0 radical (unpaired) electrons. The van der Waals surface area contributed by atoms with E-state index in [1.807, 2.05) is 18.2 Å². The highest BCUT2D eigenvalue weighted by atomic mass is 16.5. The molecule has 2 atom stereocenters. The van der Waals surface area contributed by atoms with E-state index in [4.69, 9.17) is 4.74 Å². The average Bonchev–Trinajstić information content (AvgIpc) is 2.33. The number of hydrogen-bond acceptors (Lipinski definition) is 3. The monoisotopic (exact) mass is 235 g/mol. The van der Waals surface area contributed by atoms with Crippen molar-refractivity contribution in [2.75, 3.05) is 12.4 Å².